The molecule has 5 nitrogen and oxygen atoms in total. The van der Waals surface area contributed by atoms with E-state index in [1.807, 2.05) is 11.6 Å². The van der Waals surface area contributed by atoms with Crippen molar-refractivity contribution in [1.82, 2.24) is 14.9 Å². The molecule has 0 saturated carbocycles. The number of rotatable bonds is 3. The van der Waals surface area contributed by atoms with Gasteiger partial charge in [0.2, 0.25) is 0 Å². The van der Waals surface area contributed by atoms with Crippen molar-refractivity contribution in [3.63, 3.8) is 0 Å². The minimum atomic E-state index is 0.653. The zero-order valence-electron chi connectivity index (χ0n) is 11.1. The van der Waals surface area contributed by atoms with Gasteiger partial charge in [0.1, 0.15) is 11.9 Å². The predicted octanol–water partition coefficient (Wildman–Crippen LogP) is 1.73. The molecule has 0 aliphatic carbocycles. The van der Waals surface area contributed by atoms with E-state index in [-0.39, 0.29) is 0 Å². The molecule has 1 aliphatic rings. The van der Waals surface area contributed by atoms with Crippen LogP contribution < -0.4 is 4.90 Å². The summed E-state index contributed by atoms with van der Waals surface area (Å²) in [7, 11) is 0. The van der Waals surface area contributed by atoms with Crippen LogP contribution in [0.1, 0.15) is 11.3 Å². The van der Waals surface area contributed by atoms with Crippen LogP contribution in [0.3, 0.4) is 0 Å². The second kappa shape index (κ2) is 5.99. The van der Waals surface area contributed by atoms with Crippen LogP contribution in [0.4, 0.5) is 5.82 Å². The number of nitrogens with zero attached hydrogens (tertiary/aromatic N) is 5. The van der Waals surface area contributed by atoms with Crippen molar-refractivity contribution in [2.45, 2.75) is 6.54 Å². The molecule has 1 saturated heterocycles. The molecule has 2 aromatic rings. The van der Waals surface area contributed by atoms with Crippen molar-refractivity contribution in [2.75, 3.05) is 31.1 Å². The standard InChI is InChI=1S/C14H15N5S/c15-8-12-2-1-3-16-14(12)19-6-4-18(5-7-19)9-13-10-20-11-17-13/h1-3,10-11H,4-7,9H2. The van der Waals surface area contributed by atoms with Crippen molar-refractivity contribution >= 4 is 17.2 Å². The fraction of sp³-hybridized carbons (Fsp3) is 0.357. The number of piperazine rings is 1. The maximum absolute atomic E-state index is 9.14. The largest absolute Gasteiger partial charge is 0.353 e. The van der Waals surface area contributed by atoms with E-state index in [0.717, 1.165) is 44.2 Å². The van der Waals surface area contributed by atoms with Crippen LogP contribution in [0.25, 0.3) is 0 Å². The van der Waals surface area contributed by atoms with E-state index in [9.17, 15) is 0 Å². The van der Waals surface area contributed by atoms with Gasteiger partial charge >= 0.3 is 0 Å². The Morgan fingerprint density at radius 2 is 2.10 bits per heavy atom. The molecule has 0 spiro atoms. The second-order valence-electron chi connectivity index (χ2n) is 4.73. The highest BCUT2D eigenvalue weighted by molar-refractivity contribution is 7.07. The summed E-state index contributed by atoms with van der Waals surface area (Å²) in [4.78, 5) is 13.3. The van der Waals surface area contributed by atoms with Crippen LogP contribution in [0.15, 0.2) is 29.2 Å². The van der Waals surface area contributed by atoms with Gasteiger partial charge < -0.3 is 4.90 Å². The lowest BCUT2D eigenvalue weighted by Gasteiger charge is -2.35. The van der Waals surface area contributed by atoms with Crippen LogP contribution in [0, 0.1) is 11.3 Å². The summed E-state index contributed by atoms with van der Waals surface area (Å²) < 4.78 is 0. The second-order valence-corrected chi connectivity index (χ2v) is 5.45. The Morgan fingerprint density at radius 1 is 1.25 bits per heavy atom. The van der Waals surface area contributed by atoms with E-state index in [1.54, 1.807) is 23.6 Å². The molecule has 0 radical (unpaired) electrons. The first-order valence-corrected chi connectivity index (χ1v) is 7.50. The van der Waals surface area contributed by atoms with Gasteiger partial charge in [0.25, 0.3) is 0 Å². The van der Waals surface area contributed by atoms with Gasteiger partial charge in [-0.25, -0.2) is 9.97 Å². The van der Waals surface area contributed by atoms with Gasteiger partial charge in [0, 0.05) is 44.3 Å². The summed E-state index contributed by atoms with van der Waals surface area (Å²) in [5, 5.41) is 11.2. The minimum absolute atomic E-state index is 0.653. The highest BCUT2D eigenvalue weighted by Crippen LogP contribution is 2.18. The molecule has 1 fully saturated rings. The zero-order valence-corrected chi connectivity index (χ0v) is 11.9. The van der Waals surface area contributed by atoms with Crippen LogP contribution in [0.2, 0.25) is 0 Å². The van der Waals surface area contributed by atoms with Crippen molar-refractivity contribution in [1.29, 1.82) is 5.26 Å². The monoisotopic (exact) mass is 285 g/mol. The van der Waals surface area contributed by atoms with Crippen LogP contribution in [-0.4, -0.2) is 41.0 Å². The topological polar surface area (TPSA) is 56.1 Å². The maximum Gasteiger partial charge on any atom is 0.146 e. The van der Waals surface area contributed by atoms with Crippen molar-refractivity contribution < 1.29 is 0 Å². The summed E-state index contributed by atoms with van der Waals surface area (Å²) >= 11 is 1.64. The first-order chi connectivity index (χ1) is 9.86. The average Bonchev–Trinajstić information content (AvgIpc) is 3.01. The summed E-state index contributed by atoms with van der Waals surface area (Å²) in [6.07, 6.45) is 1.75. The molecule has 6 heteroatoms. The SMILES string of the molecule is N#Cc1cccnc1N1CCN(Cc2cscn2)CC1. The number of nitriles is 1. The number of pyridine rings is 1. The molecule has 1 aliphatic heterocycles. The molecule has 20 heavy (non-hydrogen) atoms. The highest BCUT2D eigenvalue weighted by Gasteiger charge is 2.20. The van der Waals surface area contributed by atoms with E-state index >= 15 is 0 Å². The first-order valence-electron chi connectivity index (χ1n) is 6.56. The van der Waals surface area contributed by atoms with E-state index < -0.39 is 0 Å². The van der Waals surface area contributed by atoms with Crippen LogP contribution in [0.5, 0.6) is 0 Å². The molecule has 0 bridgehead atoms. The van der Waals surface area contributed by atoms with Gasteiger partial charge in [-0.3, -0.25) is 4.90 Å². The molecule has 0 N–H and O–H groups in total. The van der Waals surface area contributed by atoms with Gasteiger partial charge in [-0.05, 0) is 12.1 Å². The Labute approximate surface area is 122 Å². The number of anilines is 1. The molecule has 3 rings (SSSR count). The van der Waals surface area contributed by atoms with Gasteiger partial charge in [-0.2, -0.15) is 5.26 Å². The van der Waals surface area contributed by atoms with Crippen molar-refractivity contribution in [3.05, 3.63) is 40.5 Å². The molecule has 0 amide bonds. The third-order valence-electron chi connectivity index (χ3n) is 3.45. The molecule has 2 aromatic heterocycles. The summed E-state index contributed by atoms with van der Waals surface area (Å²) in [5.41, 5.74) is 3.66. The maximum atomic E-state index is 9.14. The third kappa shape index (κ3) is 2.79. The van der Waals surface area contributed by atoms with E-state index in [1.165, 1.54) is 0 Å². The zero-order chi connectivity index (χ0) is 13.8. The van der Waals surface area contributed by atoms with Gasteiger partial charge in [-0.15, -0.1) is 11.3 Å². The Balaban J connectivity index is 1.62. The van der Waals surface area contributed by atoms with Crippen molar-refractivity contribution in [2.24, 2.45) is 0 Å². The molecular weight excluding hydrogens is 270 g/mol. The average molecular weight is 285 g/mol. The molecule has 0 unspecified atom stereocenters. The summed E-state index contributed by atoms with van der Waals surface area (Å²) in [6.45, 7) is 4.65. The smallest absolute Gasteiger partial charge is 0.146 e. The Morgan fingerprint density at radius 3 is 2.80 bits per heavy atom. The molecular formula is C14H15N5S. The lowest BCUT2D eigenvalue weighted by atomic mass is 10.2. The van der Waals surface area contributed by atoms with Gasteiger partial charge in [0.05, 0.1) is 16.8 Å². The number of hydrogen-bond acceptors (Lipinski definition) is 6. The number of hydrogen-bond donors (Lipinski definition) is 0. The fourth-order valence-electron chi connectivity index (χ4n) is 2.40. The van der Waals surface area contributed by atoms with Gasteiger partial charge in [0.15, 0.2) is 0 Å². The summed E-state index contributed by atoms with van der Waals surface area (Å²) in [5.74, 6) is 0.809. The highest BCUT2D eigenvalue weighted by atomic mass is 32.1. The lowest BCUT2D eigenvalue weighted by Crippen LogP contribution is -2.46. The Hall–Kier alpha value is -1.97. The van der Waals surface area contributed by atoms with Gasteiger partial charge in [-0.1, -0.05) is 0 Å². The van der Waals surface area contributed by atoms with Crippen LogP contribution >= 0.6 is 11.3 Å². The molecule has 102 valence electrons. The number of thiazole rings is 1. The number of aromatic nitrogens is 2. The Bertz CT molecular complexity index is 596. The molecule has 3 heterocycles. The first kappa shape index (κ1) is 13.0. The summed E-state index contributed by atoms with van der Waals surface area (Å²) in [6, 6.07) is 5.84. The quantitative estimate of drug-likeness (QED) is 0.859. The third-order valence-corrected chi connectivity index (χ3v) is 4.08. The normalized spacial score (nSPS) is 16.1. The minimum Gasteiger partial charge on any atom is -0.353 e. The fourth-order valence-corrected chi connectivity index (χ4v) is 2.95. The molecule has 0 aromatic carbocycles. The predicted molar refractivity (Wildman–Crippen MR) is 78.6 cm³/mol. The Kier molecular flexibility index (Phi) is 3.90. The van der Waals surface area contributed by atoms with Crippen LogP contribution in [-0.2, 0) is 6.54 Å². The van der Waals surface area contributed by atoms with Crippen molar-refractivity contribution in [3.8, 4) is 6.07 Å². The molecule has 0 atom stereocenters. The lowest BCUT2D eigenvalue weighted by molar-refractivity contribution is 0.247. The van der Waals surface area contributed by atoms with E-state index in [2.05, 4.69) is 31.2 Å². The van der Waals surface area contributed by atoms with E-state index in [4.69, 9.17) is 5.26 Å². The van der Waals surface area contributed by atoms with E-state index in [0.29, 0.717) is 5.56 Å².